The van der Waals surface area contributed by atoms with Crippen molar-refractivity contribution < 1.29 is 14.3 Å². The number of Topliss-reactive ketones (excluding diaryl/α,β-unsaturated/α-hetero) is 1. The van der Waals surface area contributed by atoms with E-state index in [0.29, 0.717) is 36.4 Å². The van der Waals surface area contributed by atoms with Crippen LogP contribution in [0.1, 0.15) is 99.2 Å². The van der Waals surface area contributed by atoms with Crippen molar-refractivity contribution in [2.45, 2.75) is 89.0 Å². The molecule has 1 atom stereocenters. The van der Waals surface area contributed by atoms with Crippen molar-refractivity contribution in [1.82, 2.24) is 9.97 Å². The lowest BCUT2D eigenvalue weighted by atomic mass is 9.67. The van der Waals surface area contributed by atoms with E-state index in [1.54, 1.807) is 11.8 Å². The number of ketones is 1. The van der Waals surface area contributed by atoms with Gasteiger partial charge in [0.15, 0.2) is 5.78 Å². The standard InChI is InChI=1S/C29H38N2O3S/c1-3-5-8-21(4-2)20-34-27(32)13-16-35-26-19-30-25(18-31-26)22-11-14-29(15-12-22)17-23-9-6-7-10-24(23)28(29)33/h6-7,9-10,18-19,21-22H,3-5,8,11-17,20H2,1-2H3. The molecule has 1 heterocycles. The van der Waals surface area contributed by atoms with Gasteiger partial charge in [0.2, 0.25) is 0 Å². The Labute approximate surface area is 213 Å². The lowest BCUT2D eigenvalue weighted by Crippen LogP contribution is -2.32. The number of rotatable bonds is 11. The number of hydrogen-bond acceptors (Lipinski definition) is 6. The Morgan fingerprint density at radius 3 is 2.66 bits per heavy atom. The molecule has 1 fully saturated rings. The summed E-state index contributed by atoms with van der Waals surface area (Å²) in [5, 5.41) is 0.838. The molecule has 0 aliphatic heterocycles. The summed E-state index contributed by atoms with van der Waals surface area (Å²) in [6, 6.07) is 8.09. The van der Waals surface area contributed by atoms with Crippen molar-refractivity contribution in [2.24, 2.45) is 11.3 Å². The average Bonchev–Trinajstić information content (AvgIpc) is 3.16. The van der Waals surface area contributed by atoms with Gasteiger partial charge in [0.1, 0.15) is 5.03 Å². The minimum atomic E-state index is -0.203. The number of esters is 1. The highest BCUT2D eigenvalue weighted by atomic mass is 32.2. The van der Waals surface area contributed by atoms with E-state index in [1.807, 2.05) is 30.6 Å². The third-order valence-corrected chi connectivity index (χ3v) is 8.78. The number of hydrogen-bond donors (Lipinski definition) is 0. The van der Waals surface area contributed by atoms with Crippen LogP contribution in [0, 0.1) is 11.3 Å². The fourth-order valence-electron chi connectivity index (χ4n) is 5.53. The quantitative estimate of drug-likeness (QED) is 0.253. The van der Waals surface area contributed by atoms with Gasteiger partial charge in [-0.2, -0.15) is 0 Å². The van der Waals surface area contributed by atoms with Crippen LogP contribution in [0.5, 0.6) is 0 Å². The van der Waals surface area contributed by atoms with Gasteiger partial charge in [-0.25, -0.2) is 4.98 Å². The summed E-state index contributed by atoms with van der Waals surface area (Å²) in [5.74, 6) is 1.69. The van der Waals surface area contributed by atoms with Gasteiger partial charge in [-0.3, -0.25) is 14.6 Å². The van der Waals surface area contributed by atoms with Crippen molar-refractivity contribution in [3.8, 4) is 0 Å². The molecule has 2 aromatic rings. The molecule has 0 bridgehead atoms. The maximum atomic E-state index is 13.1. The number of carbonyl (C=O) groups is 2. The molecule has 0 N–H and O–H groups in total. The molecule has 35 heavy (non-hydrogen) atoms. The summed E-state index contributed by atoms with van der Waals surface area (Å²) < 4.78 is 5.48. The van der Waals surface area contributed by atoms with Crippen LogP contribution in [0.25, 0.3) is 0 Å². The molecule has 2 aliphatic carbocycles. The predicted molar refractivity (Wildman–Crippen MR) is 140 cm³/mol. The molecular weight excluding hydrogens is 456 g/mol. The Hall–Kier alpha value is -2.21. The lowest BCUT2D eigenvalue weighted by Gasteiger charge is -2.35. The molecule has 1 spiro atoms. The first kappa shape index (κ1) is 25.9. The summed E-state index contributed by atoms with van der Waals surface area (Å²) in [4.78, 5) is 34.4. The maximum Gasteiger partial charge on any atom is 0.306 e. The number of ether oxygens (including phenoxy) is 1. The highest BCUT2D eigenvalue weighted by molar-refractivity contribution is 7.99. The van der Waals surface area contributed by atoms with E-state index in [2.05, 4.69) is 29.9 Å². The molecule has 5 nitrogen and oxygen atoms in total. The van der Waals surface area contributed by atoms with Crippen LogP contribution < -0.4 is 0 Å². The van der Waals surface area contributed by atoms with Crippen molar-refractivity contribution in [3.63, 3.8) is 0 Å². The largest absolute Gasteiger partial charge is 0.465 e. The molecular formula is C29H38N2O3S. The highest BCUT2D eigenvalue weighted by Gasteiger charge is 2.47. The average molecular weight is 495 g/mol. The monoisotopic (exact) mass is 494 g/mol. The van der Waals surface area contributed by atoms with Crippen LogP contribution in [-0.4, -0.2) is 34.1 Å². The van der Waals surface area contributed by atoms with E-state index in [0.717, 1.165) is 61.2 Å². The number of nitrogens with zero attached hydrogens (tertiary/aromatic N) is 2. The number of aromatic nitrogens is 2. The van der Waals surface area contributed by atoms with Crippen LogP contribution in [-0.2, 0) is 16.0 Å². The number of carbonyl (C=O) groups excluding carboxylic acids is 2. The van der Waals surface area contributed by atoms with E-state index >= 15 is 0 Å². The van der Waals surface area contributed by atoms with E-state index in [9.17, 15) is 9.59 Å². The molecule has 6 heteroatoms. The number of benzene rings is 1. The first-order valence-corrected chi connectivity index (χ1v) is 14.3. The number of thioether (sulfide) groups is 1. The second-order valence-electron chi connectivity index (χ2n) is 10.2. The first-order valence-electron chi connectivity index (χ1n) is 13.3. The van der Waals surface area contributed by atoms with Gasteiger partial charge in [0.05, 0.1) is 24.9 Å². The van der Waals surface area contributed by atoms with Crippen LogP contribution in [0.4, 0.5) is 0 Å². The zero-order chi connectivity index (χ0) is 24.7. The minimum Gasteiger partial charge on any atom is -0.465 e. The fourth-order valence-corrected chi connectivity index (χ4v) is 6.26. The van der Waals surface area contributed by atoms with Crippen LogP contribution >= 0.6 is 11.8 Å². The van der Waals surface area contributed by atoms with Gasteiger partial charge in [-0.15, -0.1) is 11.8 Å². The predicted octanol–water partition coefficient (Wildman–Crippen LogP) is 6.80. The van der Waals surface area contributed by atoms with Crippen molar-refractivity contribution in [3.05, 3.63) is 53.5 Å². The third-order valence-electron chi connectivity index (χ3n) is 7.86. The molecule has 188 valence electrons. The van der Waals surface area contributed by atoms with Crippen molar-refractivity contribution in [2.75, 3.05) is 12.4 Å². The Kier molecular flexibility index (Phi) is 8.99. The van der Waals surface area contributed by atoms with Gasteiger partial charge in [-0.1, -0.05) is 57.4 Å². The first-order chi connectivity index (χ1) is 17.0. The number of unbranched alkanes of at least 4 members (excludes halogenated alkanes) is 1. The maximum absolute atomic E-state index is 13.1. The zero-order valence-electron chi connectivity index (χ0n) is 21.1. The molecule has 1 aromatic heterocycles. The molecule has 1 aromatic carbocycles. The van der Waals surface area contributed by atoms with Crippen molar-refractivity contribution >= 4 is 23.5 Å². The summed E-state index contributed by atoms with van der Waals surface area (Å²) in [6.07, 6.45) is 13.3. The topological polar surface area (TPSA) is 69.2 Å². The van der Waals surface area contributed by atoms with Crippen LogP contribution in [0.2, 0.25) is 0 Å². The van der Waals surface area contributed by atoms with Gasteiger partial charge in [-0.05, 0) is 50.0 Å². The third kappa shape index (κ3) is 6.32. The van der Waals surface area contributed by atoms with E-state index in [1.165, 1.54) is 18.4 Å². The summed E-state index contributed by atoms with van der Waals surface area (Å²) in [6.45, 7) is 4.88. The van der Waals surface area contributed by atoms with E-state index in [4.69, 9.17) is 4.74 Å². The lowest BCUT2D eigenvalue weighted by molar-refractivity contribution is -0.144. The smallest absolute Gasteiger partial charge is 0.306 e. The second kappa shape index (κ2) is 12.2. The van der Waals surface area contributed by atoms with Crippen LogP contribution in [0.15, 0.2) is 41.7 Å². The molecule has 0 amide bonds. The fraction of sp³-hybridized carbons (Fsp3) is 0.586. The van der Waals surface area contributed by atoms with Gasteiger partial charge in [0, 0.05) is 28.8 Å². The molecule has 2 aliphatic rings. The Balaban J connectivity index is 1.19. The molecule has 0 saturated heterocycles. The van der Waals surface area contributed by atoms with Gasteiger partial charge < -0.3 is 4.74 Å². The SMILES string of the molecule is CCCCC(CC)COC(=O)CCSc1cnc(C2CCC3(CC2)Cc2ccccc2C3=O)cn1. The summed E-state index contributed by atoms with van der Waals surface area (Å²) >= 11 is 1.55. The molecule has 1 saturated carbocycles. The van der Waals surface area contributed by atoms with Crippen molar-refractivity contribution in [1.29, 1.82) is 0 Å². The Bertz CT molecular complexity index is 999. The van der Waals surface area contributed by atoms with Gasteiger partial charge >= 0.3 is 5.97 Å². The van der Waals surface area contributed by atoms with Crippen LogP contribution in [0.3, 0.4) is 0 Å². The molecule has 1 unspecified atom stereocenters. The Morgan fingerprint density at radius 1 is 1.17 bits per heavy atom. The second-order valence-corrected chi connectivity index (χ2v) is 11.3. The minimum absolute atomic E-state index is 0.128. The molecule has 4 rings (SSSR count). The van der Waals surface area contributed by atoms with Gasteiger partial charge in [0.25, 0.3) is 0 Å². The van der Waals surface area contributed by atoms with E-state index in [-0.39, 0.29) is 11.4 Å². The normalized spacial score (nSPS) is 22.2. The Morgan fingerprint density at radius 2 is 1.97 bits per heavy atom. The highest BCUT2D eigenvalue weighted by Crippen LogP contribution is 2.50. The summed E-state index contributed by atoms with van der Waals surface area (Å²) in [7, 11) is 0. The zero-order valence-corrected chi connectivity index (χ0v) is 21.9. The van der Waals surface area contributed by atoms with E-state index < -0.39 is 0 Å². The molecule has 0 radical (unpaired) electrons. The summed E-state index contributed by atoms with van der Waals surface area (Å²) in [5.41, 5.74) is 2.95. The number of fused-ring (bicyclic) bond motifs is 1.